The van der Waals surface area contributed by atoms with Gasteiger partial charge >= 0.3 is 0 Å². The van der Waals surface area contributed by atoms with Crippen molar-refractivity contribution < 1.29 is 4.79 Å². The highest BCUT2D eigenvalue weighted by Gasteiger charge is 2.11. The zero-order chi connectivity index (χ0) is 9.84. The zero-order valence-electron chi connectivity index (χ0n) is 7.33. The maximum absolute atomic E-state index is 11.4. The van der Waals surface area contributed by atoms with Crippen LogP contribution in [0.15, 0.2) is 41.4 Å². The van der Waals surface area contributed by atoms with Gasteiger partial charge in [-0.25, -0.2) is 0 Å². The molecule has 0 radical (unpaired) electrons. The molecule has 2 nitrogen and oxygen atoms in total. The van der Waals surface area contributed by atoms with Crippen molar-refractivity contribution in [3.63, 3.8) is 0 Å². The molecule has 3 heteroatoms. The summed E-state index contributed by atoms with van der Waals surface area (Å²) < 4.78 is 0.360. The van der Waals surface area contributed by atoms with Crippen LogP contribution >= 0.6 is 15.9 Å². The molecule has 0 aliphatic heterocycles. The van der Waals surface area contributed by atoms with Crippen LogP contribution in [0.2, 0.25) is 0 Å². The lowest BCUT2D eigenvalue weighted by molar-refractivity contribution is -0.114. The van der Waals surface area contributed by atoms with Gasteiger partial charge < -0.3 is 4.90 Å². The molecule has 13 heavy (non-hydrogen) atoms. The average Bonchev–Trinajstić information content (AvgIpc) is 2.17. The fourth-order valence-corrected chi connectivity index (χ4v) is 1.22. The molecule has 0 heterocycles. The first-order valence-corrected chi connectivity index (χ1v) is 4.59. The van der Waals surface area contributed by atoms with Gasteiger partial charge in [0.1, 0.15) is 0 Å². The van der Waals surface area contributed by atoms with Crippen LogP contribution in [0, 0.1) is 0 Å². The van der Waals surface area contributed by atoms with E-state index in [1.807, 2.05) is 30.3 Å². The molecular weight excluding hydrogens is 230 g/mol. The second kappa shape index (κ2) is 4.23. The first kappa shape index (κ1) is 9.99. The summed E-state index contributed by atoms with van der Waals surface area (Å²) in [5.74, 6) is -0.133. The molecule has 0 bridgehead atoms. The number of rotatable bonds is 2. The smallest absolute Gasteiger partial charge is 0.264 e. The second-order valence-electron chi connectivity index (χ2n) is 2.60. The predicted octanol–water partition coefficient (Wildman–Crippen LogP) is 2.56. The van der Waals surface area contributed by atoms with Crippen LogP contribution in [0.25, 0.3) is 0 Å². The normalized spacial score (nSPS) is 9.38. The Kier molecular flexibility index (Phi) is 3.25. The molecule has 0 spiro atoms. The fraction of sp³-hybridized carbons (Fsp3) is 0.100. The van der Waals surface area contributed by atoms with E-state index in [1.165, 1.54) is 4.90 Å². The number of para-hydroxylation sites is 1. The zero-order valence-corrected chi connectivity index (χ0v) is 8.91. The highest BCUT2D eigenvalue weighted by molar-refractivity contribution is 9.12. The highest BCUT2D eigenvalue weighted by Crippen LogP contribution is 2.15. The predicted molar refractivity (Wildman–Crippen MR) is 57.9 cm³/mol. The summed E-state index contributed by atoms with van der Waals surface area (Å²) in [6.07, 6.45) is 0. The van der Waals surface area contributed by atoms with Gasteiger partial charge in [-0.3, -0.25) is 4.79 Å². The molecule has 1 aromatic carbocycles. The minimum Gasteiger partial charge on any atom is -0.311 e. The number of likely N-dealkylation sites (N-methyl/N-ethyl adjacent to an activating group) is 1. The van der Waals surface area contributed by atoms with E-state index in [0.717, 1.165) is 5.69 Å². The number of carbonyl (C=O) groups is 1. The largest absolute Gasteiger partial charge is 0.311 e. The lowest BCUT2D eigenvalue weighted by Gasteiger charge is -2.15. The third kappa shape index (κ3) is 2.42. The summed E-state index contributed by atoms with van der Waals surface area (Å²) in [5.41, 5.74) is 0.855. The maximum atomic E-state index is 11.4. The van der Waals surface area contributed by atoms with Crippen molar-refractivity contribution in [2.45, 2.75) is 0 Å². The monoisotopic (exact) mass is 239 g/mol. The number of hydrogen-bond acceptors (Lipinski definition) is 1. The summed E-state index contributed by atoms with van der Waals surface area (Å²) in [6, 6.07) is 9.42. The van der Waals surface area contributed by atoms with E-state index >= 15 is 0 Å². The second-order valence-corrected chi connectivity index (χ2v) is 3.56. The van der Waals surface area contributed by atoms with Gasteiger partial charge in [0.2, 0.25) is 0 Å². The quantitative estimate of drug-likeness (QED) is 0.727. The van der Waals surface area contributed by atoms with Gasteiger partial charge in [-0.05, 0) is 28.1 Å². The first-order valence-electron chi connectivity index (χ1n) is 3.80. The average molecular weight is 240 g/mol. The lowest BCUT2D eigenvalue weighted by Crippen LogP contribution is -2.25. The van der Waals surface area contributed by atoms with E-state index in [0.29, 0.717) is 4.48 Å². The third-order valence-corrected chi connectivity index (χ3v) is 2.02. The Hall–Kier alpha value is -1.09. The van der Waals surface area contributed by atoms with Gasteiger partial charge in [-0.1, -0.05) is 24.8 Å². The van der Waals surface area contributed by atoms with E-state index in [1.54, 1.807) is 7.05 Å². The molecule has 1 amide bonds. The molecule has 0 aromatic heterocycles. The number of benzene rings is 1. The molecule has 0 atom stereocenters. The van der Waals surface area contributed by atoms with Crippen molar-refractivity contribution in [1.29, 1.82) is 0 Å². The Morgan fingerprint density at radius 3 is 2.38 bits per heavy atom. The highest BCUT2D eigenvalue weighted by atomic mass is 79.9. The van der Waals surface area contributed by atoms with Crippen molar-refractivity contribution in [2.24, 2.45) is 0 Å². The minimum atomic E-state index is -0.133. The Balaban J connectivity index is 2.86. The van der Waals surface area contributed by atoms with E-state index in [2.05, 4.69) is 22.5 Å². The molecule has 0 saturated heterocycles. The van der Waals surface area contributed by atoms with Crippen LogP contribution in [0.4, 0.5) is 5.69 Å². The molecule has 0 saturated carbocycles. The van der Waals surface area contributed by atoms with Gasteiger partial charge in [0.05, 0.1) is 4.48 Å². The molecule has 68 valence electrons. The van der Waals surface area contributed by atoms with Crippen LogP contribution in [-0.4, -0.2) is 13.0 Å². The number of anilines is 1. The van der Waals surface area contributed by atoms with Crippen molar-refractivity contribution in [3.8, 4) is 0 Å². The molecule has 1 rings (SSSR count). The fourth-order valence-electron chi connectivity index (χ4n) is 0.951. The minimum absolute atomic E-state index is 0.133. The Morgan fingerprint density at radius 1 is 1.38 bits per heavy atom. The van der Waals surface area contributed by atoms with Crippen molar-refractivity contribution >= 4 is 27.5 Å². The van der Waals surface area contributed by atoms with E-state index in [-0.39, 0.29) is 5.91 Å². The number of halogens is 1. The Labute approximate surface area is 86.0 Å². The Bertz CT molecular complexity index is 321. The molecule has 0 aliphatic rings. The number of carbonyl (C=O) groups excluding carboxylic acids is 1. The van der Waals surface area contributed by atoms with E-state index in [9.17, 15) is 4.79 Å². The van der Waals surface area contributed by atoms with Crippen molar-refractivity contribution in [2.75, 3.05) is 11.9 Å². The summed E-state index contributed by atoms with van der Waals surface area (Å²) >= 11 is 3.05. The standard InChI is InChI=1S/C10H10BrNO/c1-8(11)10(13)12(2)9-6-4-3-5-7-9/h3-7H,1H2,2H3. The molecule has 0 unspecified atom stereocenters. The van der Waals surface area contributed by atoms with Gasteiger partial charge in [0.15, 0.2) is 0 Å². The van der Waals surface area contributed by atoms with E-state index in [4.69, 9.17) is 0 Å². The SMILES string of the molecule is C=C(Br)C(=O)N(C)c1ccccc1. The number of amides is 1. The van der Waals surface area contributed by atoms with Crippen LogP contribution in [0.1, 0.15) is 0 Å². The molecular formula is C10H10BrNO. The molecule has 0 aliphatic carbocycles. The number of nitrogens with zero attached hydrogens (tertiary/aromatic N) is 1. The summed E-state index contributed by atoms with van der Waals surface area (Å²) in [5, 5.41) is 0. The summed E-state index contributed by atoms with van der Waals surface area (Å²) in [6.45, 7) is 3.53. The maximum Gasteiger partial charge on any atom is 0.264 e. The van der Waals surface area contributed by atoms with Gasteiger partial charge in [0, 0.05) is 12.7 Å². The van der Waals surface area contributed by atoms with Crippen LogP contribution in [-0.2, 0) is 4.79 Å². The van der Waals surface area contributed by atoms with Crippen LogP contribution in [0.5, 0.6) is 0 Å². The van der Waals surface area contributed by atoms with Crippen molar-refractivity contribution in [1.82, 2.24) is 0 Å². The van der Waals surface area contributed by atoms with Crippen molar-refractivity contribution in [3.05, 3.63) is 41.4 Å². The Morgan fingerprint density at radius 2 is 1.92 bits per heavy atom. The van der Waals surface area contributed by atoms with Crippen LogP contribution < -0.4 is 4.90 Å². The molecule has 1 aromatic rings. The van der Waals surface area contributed by atoms with Gasteiger partial charge in [-0.15, -0.1) is 0 Å². The van der Waals surface area contributed by atoms with Gasteiger partial charge in [-0.2, -0.15) is 0 Å². The first-order chi connectivity index (χ1) is 6.13. The molecule has 0 N–H and O–H groups in total. The third-order valence-electron chi connectivity index (χ3n) is 1.68. The topological polar surface area (TPSA) is 20.3 Å². The molecule has 0 fully saturated rings. The summed E-state index contributed by atoms with van der Waals surface area (Å²) in [7, 11) is 1.71. The summed E-state index contributed by atoms with van der Waals surface area (Å²) in [4.78, 5) is 13.0. The lowest BCUT2D eigenvalue weighted by atomic mass is 10.3. The van der Waals surface area contributed by atoms with Crippen LogP contribution in [0.3, 0.4) is 0 Å². The number of hydrogen-bond donors (Lipinski definition) is 0. The van der Waals surface area contributed by atoms with E-state index < -0.39 is 0 Å². The van der Waals surface area contributed by atoms with Gasteiger partial charge in [0.25, 0.3) is 5.91 Å².